The van der Waals surface area contributed by atoms with E-state index < -0.39 is 5.76 Å². The minimum Gasteiger partial charge on any atom is -0.492 e. The van der Waals surface area contributed by atoms with Crippen LogP contribution in [0.2, 0.25) is 5.02 Å². The van der Waals surface area contributed by atoms with Gasteiger partial charge in [-0.3, -0.25) is 9.36 Å². The molecule has 0 spiro atoms. The molecule has 0 atom stereocenters. The van der Waals surface area contributed by atoms with Gasteiger partial charge in [-0.05, 0) is 36.4 Å². The number of nitrogens with zero attached hydrogens (tertiary/aromatic N) is 1. The quantitative estimate of drug-likeness (QED) is 0.696. The number of halogens is 1. The summed E-state index contributed by atoms with van der Waals surface area (Å²) >= 11 is 5.79. The number of para-hydroxylation sites is 2. The normalized spacial score (nSPS) is 10.7. The van der Waals surface area contributed by atoms with E-state index in [1.807, 2.05) is 0 Å². The molecule has 0 fully saturated rings. The standard InChI is InChI=1S/C17H15ClN2O4/c18-12-5-7-13(8-6-12)23-10-9-19-16(21)11-20-14-3-1-2-4-15(14)24-17(20)22/h1-8H,9-11H2,(H,19,21). The van der Waals surface area contributed by atoms with Gasteiger partial charge in [0.1, 0.15) is 18.9 Å². The molecular weight excluding hydrogens is 332 g/mol. The van der Waals surface area contributed by atoms with E-state index in [0.717, 1.165) is 0 Å². The van der Waals surface area contributed by atoms with Crippen molar-refractivity contribution in [3.63, 3.8) is 0 Å². The number of aromatic nitrogens is 1. The van der Waals surface area contributed by atoms with E-state index in [1.165, 1.54) is 4.57 Å². The molecule has 124 valence electrons. The van der Waals surface area contributed by atoms with Crippen LogP contribution in [0, 0.1) is 0 Å². The van der Waals surface area contributed by atoms with E-state index in [2.05, 4.69) is 5.32 Å². The third-order valence-electron chi connectivity index (χ3n) is 3.38. The minimum absolute atomic E-state index is 0.100. The van der Waals surface area contributed by atoms with Gasteiger partial charge in [0.25, 0.3) is 0 Å². The Labute approximate surface area is 142 Å². The van der Waals surface area contributed by atoms with Gasteiger partial charge in [0, 0.05) is 5.02 Å². The number of hydrogen-bond acceptors (Lipinski definition) is 4. The van der Waals surface area contributed by atoms with Crippen LogP contribution in [0.15, 0.2) is 57.7 Å². The number of fused-ring (bicyclic) bond motifs is 1. The molecule has 7 heteroatoms. The Morgan fingerprint density at radius 3 is 2.71 bits per heavy atom. The number of carbonyl (C=O) groups is 1. The summed E-state index contributed by atoms with van der Waals surface area (Å²) in [5.74, 6) is -0.169. The van der Waals surface area contributed by atoms with Crippen LogP contribution in [-0.2, 0) is 11.3 Å². The van der Waals surface area contributed by atoms with Crippen LogP contribution >= 0.6 is 11.6 Å². The fourth-order valence-electron chi connectivity index (χ4n) is 2.25. The zero-order chi connectivity index (χ0) is 16.9. The van der Waals surface area contributed by atoms with Crippen molar-refractivity contribution in [3.05, 3.63) is 64.1 Å². The van der Waals surface area contributed by atoms with Crippen molar-refractivity contribution in [1.29, 1.82) is 0 Å². The lowest BCUT2D eigenvalue weighted by Gasteiger charge is -2.08. The molecule has 0 saturated heterocycles. The number of nitrogens with one attached hydrogen (secondary N) is 1. The van der Waals surface area contributed by atoms with Crippen LogP contribution in [0.5, 0.6) is 5.75 Å². The van der Waals surface area contributed by atoms with Crippen molar-refractivity contribution in [2.75, 3.05) is 13.2 Å². The third-order valence-corrected chi connectivity index (χ3v) is 3.63. The summed E-state index contributed by atoms with van der Waals surface area (Å²) in [6.45, 7) is 0.539. The smallest absolute Gasteiger partial charge is 0.420 e. The van der Waals surface area contributed by atoms with Crippen molar-refractivity contribution in [3.8, 4) is 5.75 Å². The molecule has 6 nitrogen and oxygen atoms in total. The van der Waals surface area contributed by atoms with Gasteiger partial charge in [-0.15, -0.1) is 0 Å². The number of rotatable bonds is 6. The maximum atomic E-state index is 12.0. The van der Waals surface area contributed by atoms with Crippen molar-refractivity contribution in [1.82, 2.24) is 9.88 Å². The van der Waals surface area contributed by atoms with E-state index in [0.29, 0.717) is 35.0 Å². The van der Waals surface area contributed by atoms with Crippen LogP contribution in [0.4, 0.5) is 0 Å². The summed E-state index contributed by atoms with van der Waals surface area (Å²) < 4.78 is 11.9. The lowest BCUT2D eigenvalue weighted by atomic mass is 10.3. The lowest BCUT2D eigenvalue weighted by molar-refractivity contribution is -0.121. The van der Waals surface area contributed by atoms with Crippen molar-refractivity contribution in [2.24, 2.45) is 0 Å². The molecule has 0 aliphatic carbocycles. The highest BCUT2D eigenvalue weighted by Gasteiger charge is 2.11. The maximum Gasteiger partial charge on any atom is 0.420 e. The van der Waals surface area contributed by atoms with Gasteiger partial charge < -0.3 is 14.5 Å². The first-order chi connectivity index (χ1) is 11.6. The largest absolute Gasteiger partial charge is 0.492 e. The molecule has 0 saturated carbocycles. The second-order valence-electron chi connectivity index (χ2n) is 5.07. The molecule has 1 N–H and O–H groups in total. The van der Waals surface area contributed by atoms with Crippen molar-refractivity contribution >= 4 is 28.6 Å². The Bertz CT molecular complexity index is 899. The maximum absolute atomic E-state index is 12.0. The number of oxazole rings is 1. The van der Waals surface area contributed by atoms with Gasteiger partial charge in [0.2, 0.25) is 5.91 Å². The zero-order valence-corrected chi connectivity index (χ0v) is 13.5. The Balaban J connectivity index is 1.51. The van der Waals surface area contributed by atoms with Gasteiger partial charge in [-0.1, -0.05) is 23.7 Å². The minimum atomic E-state index is -0.552. The Hall–Kier alpha value is -2.73. The summed E-state index contributed by atoms with van der Waals surface area (Å²) in [5.41, 5.74) is 1.05. The van der Waals surface area contributed by atoms with E-state index in [1.54, 1.807) is 48.5 Å². The molecule has 1 amide bonds. The van der Waals surface area contributed by atoms with Gasteiger partial charge >= 0.3 is 5.76 Å². The van der Waals surface area contributed by atoms with E-state index in [4.69, 9.17) is 20.8 Å². The fourth-order valence-corrected chi connectivity index (χ4v) is 2.38. The monoisotopic (exact) mass is 346 g/mol. The van der Waals surface area contributed by atoms with Gasteiger partial charge in [0.05, 0.1) is 12.1 Å². The Morgan fingerprint density at radius 1 is 1.17 bits per heavy atom. The number of hydrogen-bond donors (Lipinski definition) is 1. The molecule has 1 aromatic heterocycles. The topological polar surface area (TPSA) is 73.5 Å². The first kappa shape index (κ1) is 16.1. The highest BCUT2D eigenvalue weighted by molar-refractivity contribution is 6.30. The molecule has 0 unspecified atom stereocenters. The number of carbonyl (C=O) groups excluding carboxylic acids is 1. The number of amides is 1. The zero-order valence-electron chi connectivity index (χ0n) is 12.7. The van der Waals surface area contributed by atoms with Crippen LogP contribution < -0.4 is 15.8 Å². The van der Waals surface area contributed by atoms with Crippen LogP contribution in [0.3, 0.4) is 0 Å². The van der Waals surface area contributed by atoms with Crippen LogP contribution in [0.1, 0.15) is 0 Å². The number of ether oxygens (including phenoxy) is 1. The molecule has 0 radical (unpaired) electrons. The second kappa shape index (κ2) is 7.23. The molecule has 3 aromatic rings. The molecule has 2 aromatic carbocycles. The highest BCUT2D eigenvalue weighted by atomic mass is 35.5. The predicted octanol–water partition coefficient (Wildman–Crippen LogP) is 2.44. The summed E-state index contributed by atoms with van der Waals surface area (Å²) in [7, 11) is 0. The fraction of sp³-hybridized carbons (Fsp3) is 0.176. The van der Waals surface area contributed by atoms with E-state index >= 15 is 0 Å². The van der Waals surface area contributed by atoms with Crippen LogP contribution in [-0.4, -0.2) is 23.6 Å². The third kappa shape index (κ3) is 3.78. The lowest BCUT2D eigenvalue weighted by Crippen LogP contribution is -2.33. The molecule has 0 bridgehead atoms. The van der Waals surface area contributed by atoms with Gasteiger partial charge in [0.15, 0.2) is 5.58 Å². The molecule has 24 heavy (non-hydrogen) atoms. The van der Waals surface area contributed by atoms with E-state index in [9.17, 15) is 9.59 Å². The summed E-state index contributed by atoms with van der Waals surface area (Å²) in [4.78, 5) is 23.8. The second-order valence-corrected chi connectivity index (χ2v) is 5.51. The highest BCUT2D eigenvalue weighted by Crippen LogP contribution is 2.15. The Kier molecular flexibility index (Phi) is 4.86. The van der Waals surface area contributed by atoms with Gasteiger partial charge in [-0.2, -0.15) is 0 Å². The SMILES string of the molecule is O=C(Cn1c(=O)oc2ccccc21)NCCOc1ccc(Cl)cc1. The number of benzene rings is 2. The summed E-state index contributed by atoms with van der Waals surface area (Å²) in [6.07, 6.45) is 0. The first-order valence-corrected chi connectivity index (χ1v) is 7.75. The van der Waals surface area contributed by atoms with Gasteiger partial charge in [-0.25, -0.2) is 4.79 Å². The summed E-state index contributed by atoms with van der Waals surface area (Å²) in [5, 5.41) is 3.34. The Morgan fingerprint density at radius 2 is 1.92 bits per heavy atom. The molecule has 1 heterocycles. The van der Waals surface area contributed by atoms with E-state index in [-0.39, 0.29) is 12.5 Å². The average Bonchev–Trinajstić information content (AvgIpc) is 2.89. The van der Waals surface area contributed by atoms with Crippen molar-refractivity contribution in [2.45, 2.75) is 6.54 Å². The van der Waals surface area contributed by atoms with Crippen LogP contribution in [0.25, 0.3) is 11.1 Å². The predicted molar refractivity (Wildman–Crippen MR) is 90.4 cm³/mol. The molecular formula is C17H15ClN2O4. The van der Waals surface area contributed by atoms with Crippen molar-refractivity contribution < 1.29 is 13.9 Å². The first-order valence-electron chi connectivity index (χ1n) is 7.37. The molecule has 0 aliphatic heterocycles. The molecule has 3 rings (SSSR count). The summed E-state index contributed by atoms with van der Waals surface area (Å²) in [6, 6.07) is 13.9. The average molecular weight is 347 g/mol. The molecule has 0 aliphatic rings.